The van der Waals surface area contributed by atoms with Gasteiger partial charge in [0.1, 0.15) is 13.3 Å². The third-order valence-corrected chi connectivity index (χ3v) is 5.54. The number of nitro benzene ring substituents is 1. The molecule has 0 radical (unpaired) electrons. The first-order valence-corrected chi connectivity index (χ1v) is 9.46. The molecule has 2 heterocycles. The summed E-state index contributed by atoms with van der Waals surface area (Å²) < 4.78 is 40.7. The zero-order valence-electron chi connectivity index (χ0n) is 15.2. The van der Waals surface area contributed by atoms with Gasteiger partial charge in [-0.05, 0) is 29.8 Å². The van der Waals surface area contributed by atoms with Crippen LogP contribution < -0.4 is 19.8 Å². The number of halogens is 3. The van der Waals surface area contributed by atoms with Gasteiger partial charge in [-0.15, -0.1) is 0 Å². The zero-order valence-corrected chi connectivity index (χ0v) is 16.0. The van der Waals surface area contributed by atoms with Crippen LogP contribution in [0.4, 0.5) is 24.5 Å². The Morgan fingerprint density at radius 3 is 2.67 bits per heavy atom. The van der Waals surface area contributed by atoms with Crippen LogP contribution in [0.5, 0.6) is 0 Å². The van der Waals surface area contributed by atoms with Crippen molar-refractivity contribution in [3.05, 3.63) is 89.5 Å². The van der Waals surface area contributed by atoms with Crippen LogP contribution in [0.2, 0.25) is 0 Å². The molecule has 0 amide bonds. The van der Waals surface area contributed by atoms with Crippen LogP contribution in [0.25, 0.3) is 6.08 Å². The topological polar surface area (TPSA) is 80.7 Å². The fourth-order valence-electron chi connectivity index (χ4n) is 3.03. The number of hydrogen-bond donors (Lipinski definition) is 0. The van der Waals surface area contributed by atoms with Crippen LogP contribution in [0, 0.1) is 10.1 Å². The fourth-order valence-corrected chi connectivity index (χ4v) is 4.00. The SMILES string of the molecule is O=c1/c(=C\c2cccc([N+](=O)[O-])c2)sc2n1CN(c1cccc(C(F)(F)F)c1)CN=2. The lowest BCUT2D eigenvalue weighted by atomic mass is 10.2. The maximum Gasteiger partial charge on any atom is 0.416 e. The third kappa shape index (κ3) is 3.83. The lowest BCUT2D eigenvalue weighted by Crippen LogP contribution is -2.42. The van der Waals surface area contributed by atoms with E-state index in [1.54, 1.807) is 11.0 Å². The number of thiazole rings is 1. The highest BCUT2D eigenvalue weighted by atomic mass is 32.1. The molecular formula is C19H13F3N4O3S. The summed E-state index contributed by atoms with van der Waals surface area (Å²) in [7, 11) is 0. The number of benzene rings is 2. The van der Waals surface area contributed by atoms with Crippen molar-refractivity contribution in [1.29, 1.82) is 0 Å². The quantitative estimate of drug-likeness (QED) is 0.469. The maximum atomic E-state index is 13.0. The van der Waals surface area contributed by atoms with Crippen molar-refractivity contribution in [2.24, 2.45) is 4.99 Å². The molecule has 1 aliphatic rings. The van der Waals surface area contributed by atoms with Crippen molar-refractivity contribution in [3.8, 4) is 0 Å². The van der Waals surface area contributed by atoms with E-state index in [0.717, 1.165) is 23.5 Å². The fraction of sp³-hybridized carbons (Fsp3) is 0.158. The molecule has 30 heavy (non-hydrogen) atoms. The number of nitrogens with zero attached hydrogens (tertiary/aromatic N) is 4. The first kappa shape index (κ1) is 19.8. The molecule has 11 heteroatoms. The lowest BCUT2D eigenvalue weighted by molar-refractivity contribution is -0.384. The van der Waals surface area contributed by atoms with Crippen molar-refractivity contribution in [2.75, 3.05) is 11.6 Å². The highest BCUT2D eigenvalue weighted by molar-refractivity contribution is 7.07. The summed E-state index contributed by atoms with van der Waals surface area (Å²) in [5, 5.41) is 10.9. The second-order valence-electron chi connectivity index (χ2n) is 6.51. The van der Waals surface area contributed by atoms with Gasteiger partial charge in [0.05, 0.1) is 15.0 Å². The van der Waals surface area contributed by atoms with Crippen molar-refractivity contribution in [3.63, 3.8) is 0 Å². The molecular weight excluding hydrogens is 421 g/mol. The van der Waals surface area contributed by atoms with E-state index in [4.69, 9.17) is 0 Å². The van der Waals surface area contributed by atoms with E-state index < -0.39 is 16.7 Å². The molecule has 0 bridgehead atoms. The third-order valence-electron chi connectivity index (χ3n) is 4.49. The summed E-state index contributed by atoms with van der Waals surface area (Å²) in [5.74, 6) is 0. The molecule has 0 spiro atoms. The van der Waals surface area contributed by atoms with Crippen LogP contribution in [0.3, 0.4) is 0 Å². The number of aromatic nitrogens is 1. The van der Waals surface area contributed by atoms with Crippen LogP contribution in [-0.2, 0) is 12.8 Å². The van der Waals surface area contributed by atoms with Gasteiger partial charge in [0, 0.05) is 17.8 Å². The highest BCUT2D eigenvalue weighted by Gasteiger charge is 2.31. The summed E-state index contributed by atoms with van der Waals surface area (Å²) in [6.45, 7) is 0.162. The molecule has 1 aromatic heterocycles. The molecule has 0 atom stereocenters. The minimum Gasteiger partial charge on any atom is -0.334 e. The van der Waals surface area contributed by atoms with Crippen molar-refractivity contribution in [1.82, 2.24) is 4.57 Å². The zero-order chi connectivity index (χ0) is 21.5. The Morgan fingerprint density at radius 1 is 1.17 bits per heavy atom. The lowest BCUT2D eigenvalue weighted by Gasteiger charge is -2.26. The molecule has 154 valence electrons. The van der Waals surface area contributed by atoms with Gasteiger partial charge in [0.25, 0.3) is 11.2 Å². The van der Waals surface area contributed by atoms with E-state index in [1.807, 2.05) is 0 Å². The number of hydrogen-bond acceptors (Lipinski definition) is 6. The van der Waals surface area contributed by atoms with Gasteiger partial charge >= 0.3 is 6.18 Å². The molecule has 0 fully saturated rings. The molecule has 4 rings (SSSR count). The van der Waals surface area contributed by atoms with Crippen LogP contribution in [-0.4, -0.2) is 16.2 Å². The van der Waals surface area contributed by atoms with Crippen LogP contribution in [0.1, 0.15) is 11.1 Å². The molecule has 0 unspecified atom stereocenters. The second kappa shape index (κ2) is 7.41. The average Bonchev–Trinajstić information content (AvgIpc) is 3.02. The normalized spacial score (nSPS) is 14.4. The summed E-state index contributed by atoms with van der Waals surface area (Å²) in [6, 6.07) is 10.7. The Hall–Kier alpha value is -3.47. The predicted octanol–water partition coefficient (Wildman–Crippen LogP) is 2.72. The second-order valence-corrected chi connectivity index (χ2v) is 7.52. The first-order valence-electron chi connectivity index (χ1n) is 8.65. The summed E-state index contributed by atoms with van der Waals surface area (Å²) >= 11 is 1.13. The Labute approximate surface area is 170 Å². The van der Waals surface area contributed by atoms with Gasteiger partial charge in [-0.3, -0.25) is 19.5 Å². The van der Waals surface area contributed by atoms with Gasteiger partial charge in [-0.2, -0.15) is 13.2 Å². The largest absolute Gasteiger partial charge is 0.416 e. The number of fused-ring (bicyclic) bond motifs is 1. The van der Waals surface area contributed by atoms with E-state index in [0.29, 0.717) is 20.6 Å². The van der Waals surface area contributed by atoms with Crippen LogP contribution >= 0.6 is 11.3 Å². The number of rotatable bonds is 3. The van der Waals surface area contributed by atoms with E-state index in [2.05, 4.69) is 4.99 Å². The summed E-state index contributed by atoms with van der Waals surface area (Å²) in [5.41, 5.74) is -0.424. The monoisotopic (exact) mass is 434 g/mol. The predicted molar refractivity (Wildman–Crippen MR) is 105 cm³/mol. The Bertz CT molecular complexity index is 1310. The van der Waals surface area contributed by atoms with E-state index in [1.165, 1.54) is 41.0 Å². The molecule has 0 saturated heterocycles. The van der Waals surface area contributed by atoms with E-state index in [9.17, 15) is 28.1 Å². The molecule has 0 N–H and O–H groups in total. The average molecular weight is 434 g/mol. The number of nitro groups is 1. The summed E-state index contributed by atoms with van der Waals surface area (Å²) in [4.78, 5) is 29.5. The number of alkyl halides is 3. The first-order chi connectivity index (χ1) is 14.2. The Balaban J connectivity index is 1.68. The van der Waals surface area contributed by atoms with Gasteiger partial charge in [-0.25, -0.2) is 4.99 Å². The van der Waals surface area contributed by atoms with Gasteiger partial charge in [0.15, 0.2) is 4.80 Å². The van der Waals surface area contributed by atoms with Crippen molar-refractivity contribution < 1.29 is 18.1 Å². The smallest absolute Gasteiger partial charge is 0.334 e. The molecule has 7 nitrogen and oxygen atoms in total. The Morgan fingerprint density at radius 2 is 1.93 bits per heavy atom. The standard InChI is InChI=1S/C19H13F3N4O3S/c20-19(21,22)13-4-2-5-14(9-13)24-10-23-18-25(11-24)17(27)16(30-18)8-12-3-1-6-15(7-12)26(28)29/h1-9H,10-11H2/b16-8+. The van der Waals surface area contributed by atoms with Crippen molar-refractivity contribution >= 4 is 28.8 Å². The highest BCUT2D eigenvalue weighted by Crippen LogP contribution is 2.31. The van der Waals surface area contributed by atoms with Crippen LogP contribution in [0.15, 0.2) is 58.3 Å². The molecule has 1 aliphatic heterocycles. The number of non-ortho nitro benzene ring substituents is 1. The minimum atomic E-state index is -4.46. The van der Waals surface area contributed by atoms with Crippen molar-refractivity contribution in [2.45, 2.75) is 12.8 Å². The molecule has 0 saturated carbocycles. The maximum absolute atomic E-state index is 13.0. The van der Waals surface area contributed by atoms with Gasteiger partial charge < -0.3 is 4.90 Å². The summed E-state index contributed by atoms with van der Waals surface area (Å²) in [6.07, 6.45) is -2.93. The molecule has 2 aromatic carbocycles. The minimum absolute atomic E-state index is 0.0538. The number of anilines is 1. The van der Waals surface area contributed by atoms with E-state index in [-0.39, 0.29) is 24.6 Å². The van der Waals surface area contributed by atoms with Gasteiger partial charge in [-0.1, -0.05) is 29.5 Å². The van der Waals surface area contributed by atoms with Gasteiger partial charge in [0.2, 0.25) is 0 Å². The molecule has 3 aromatic rings. The Kier molecular flexibility index (Phi) is 4.90. The van der Waals surface area contributed by atoms with E-state index >= 15 is 0 Å². The molecule has 0 aliphatic carbocycles.